The number of nitrogens with one attached hydrogen (secondary N) is 1. The predicted octanol–water partition coefficient (Wildman–Crippen LogP) is 0.422. The summed E-state index contributed by atoms with van der Waals surface area (Å²) in [6, 6.07) is 0. The fraction of sp³-hybridized carbons (Fsp3) is 0.700. The van der Waals surface area contributed by atoms with Gasteiger partial charge in [0.15, 0.2) is 0 Å². The van der Waals surface area contributed by atoms with Crippen LogP contribution in [0.1, 0.15) is 20.8 Å². The molecule has 1 amide bonds. The first-order valence-electron chi connectivity index (χ1n) is 4.75. The third-order valence-corrected chi connectivity index (χ3v) is 1.44. The van der Waals surface area contributed by atoms with Gasteiger partial charge in [0.25, 0.3) is 0 Å². The first-order chi connectivity index (χ1) is 6.89. The van der Waals surface area contributed by atoms with Crippen LogP contribution in [0.15, 0.2) is 11.6 Å². The van der Waals surface area contributed by atoms with Gasteiger partial charge in [-0.25, -0.2) is 4.79 Å². The van der Waals surface area contributed by atoms with E-state index < -0.39 is 11.7 Å². The summed E-state index contributed by atoms with van der Waals surface area (Å²) in [4.78, 5) is 11.1. The van der Waals surface area contributed by atoms with Crippen LogP contribution in [-0.4, -0.2) is 41.7 Å². The van der Waals surface area contributed by atoms with Gasteiger partial charge in [-0.15, -0.1) is 0 Å². The normalized spacial score (nSPS) is 10.7. The molecule has 0 aromatic rings. The van der Waals surface area contributed by atoms with E-state index in [-0.39, 0.29) is 19.8 Å². The summed E-state index contributed by atoms with van der Waals surface area (Å²) in [5.74, 6) is 0. The predicted molar refractivity (Wildman–Crippen MR) is 56.5 cm³/mol. The summed E-state index contributed by atoms with van der Waals surface area (Å²) in [5, 5.41) is 19.9. The summed E-state index contributed by atoms with van der Waals surface area (Å²) >= 11 is 0. The Hall–Kier alpha value is -1.07. The van der Waals surface area contributed by atoms with Crippen LogP contribution in [0.25, 0.3) is 0 Å². The number of carbonyl (C=O) groups is 1. The molecule has 0 fully saturated rings. The van der Waals surface area contributed by atoms with Gasteiger partial charge in [0.2, 0.25) is 0 Å². The van der Waals surface area contributed by atoms with Gasteiger partial charge in [0.05, 0.1) is 13.2 Å². The lowest BCUT2D eigenvalue weighted by atomic mass is 10.2. The first-order valence-corrected chi connectivity index (χ1v) is 4.75. The summed E-state index contributed by atoms with van der Waals surface area (Å²) in [6.07, 6.45) is 1.03. The lowest BCUT2D eigenvalue weighted by Crippen LogP contribution is -2.32. The van der Waals surface area contributed by atoms with Crippen LogP contribution in [0.2, 0.25) is 0 Å². The molecule has 88 valence electrons. The fourth-order valence-corrected chi connectivity index (χ4v) is 0.772. The van der Waals surface area contributed by atoms with Crippen LogP contribution in [0.4, 0.5) is 4.79 Å². The van der Waals surface area contributed by atoms with Crippen molar-refractivity contribution in [2.45, 2.75) is 26.4 Å². The van der Waals surface area contributed by atoms with Crippen LogP contribution < -0.4 is 5.32 Å². The van der Waals surface area contributed by atoms with Crippen LogP contribution in [0.3, 0.4) is 0 Å². The van der Waals surface area contributed by atoms with E-state index in [1.54, 1.807) is 26.8 Å². The van der Waals surface area contributed by atoms with Gasteiger partial charge in [-0.3, -0.25) is 0 Å². The SMILES string of the molecule is CC(C)(C)OC(=O)NCC=C(CO)CO. The van der Waals surface area contributed by atoms with E-state index in [1.165, 1.54) is 0 Å². The molecule has 0 aliphatic rings. The minimum Gasteiger partial charge on any atom is -0.444 e. The van der Waals surface area contributed by atoms with Gasteiger partial charge in [-0.2, -0.15) is 0 Å². The molecule has 5 nitrogen and oxygen atoms in total. The molecule has 0 atom stereocenters. The summed E-state index contributed by atoms with van der Waals surface area (Å²) < 4.78 is 4.98. The topological polar surface area (TPSA) is 78.8 Å². The Kier molecular flexibility index (Phi) is 5.96. The zero-order valence-corrected chi connectivity index (χ0v) is 9.41. The van der Waals surface area contributed by atoms with Crippen molar-refractivity contribution in [3.8, 4) is 0 Å². The monoisotopic (exact) mass is 217 g/mol. The lowest BCUT2D eigenvalue weighted by molar-refractivity contribution is 0.0533. The summed E-state index contributed by atoms with van der Waals surface area (Å²) in [5.41, 5.74) is -0.0593. The van der Waals surface area contributed by atoms with E-state index in [1.807, 2.05) is 0 Å². The maximum atomic E-state index is 11.1. The van der Waals surface area contributed by atoms with Crippen molar-refractivity contribution < 1.29 is 19.7 Å². The lowest BCUT2D eigenvalue weighted by Gasteiger charge is -2.19. The highest BCUT2D eigenvalue weighted by atomic mass is 16.6. The van der Waals surface area contributed by atoms with E-state index in [0.717, 1.165) is 0 Å². The van der Waals surface area contributed by atoms with Crippen molar-refractivity contribution in [1.29, 1.82) is 0 Å². The molecule has 0 radical (unpaired) electrons. The quantitative estimate of drug-likeness (QED) is 0.596. The van der Waals surface area contributed by atoms with Crippen LogP contribution in [0.5, 0.6) is 0 Å². The van der Waals surface area contributed by atoms with Crippen molar-refractivity contribution in [2.24, 2.45) is 0 Å². The van der Waals surface area contributed by atoms with Gasteiger partial charge < -0.3 is 20.3 Å². The van der Waals surface area contributed by atoms with E-state index in [4.69, 9.17) is 14.9 Å². The van der Waals surface area contributed by atoms with E-state index >= 15 is 0 Å². The van der Waals surface area contributed by atoms with Crippen LogP contribution >= 0.6 is 0 Å². The number of amides is 1. The molecule has 0 saturated heterocycles. The molecule has 0 bridgehead atoms. The maximum absolute atomic E-state index is 11.1. The van der Waals surface area contributed by atoms with Gasteiger partial charge in [0, 0.05) is 6.54 Å². The second-order valence-electron chi connectivity index (χ2n) is 4.06. The van der Waals surface area contributed by atoms with Crippen molar-refractivity contribution in [3.05, 3.63) is 11.6 Å². The van der Waals surface area contributed by atoms with Crippen molar-refractivity contribution in [1.82, 2.24) is 5.32 Å². The third kappa shape index (κ3) is 7.96. The van der Waals surface area contributed by atoms with Crippen LogP contribution in [0, 0.1) is 0 Å². The second kappa shape index (κ2) is 6.42. The molecule has 0 aromatic heterocycles. The van der Waals surface area contributed by atoms with Crippen LogP contribution in [-0.2, 0) is 4.74 Å². The van der Waals surface area contributed by atoms with E-state index in [2.05, 4.69) is 5.32 Å². The van der Waals surface area contributed by atoms with Crippen molar-refractivity contribution in [2.75, 3.05) is 19.8 Å². The maximum Gasteiger partial charge on any atom is 0.407 e. The molecule has 15 heavy (non-hydrogen) atoms. The zero-order chi connectivity index (χ0) is 11.9. The van der Waals surface area contributed by atoms with Gasteiger partial charge in [-0.05, 0) is 26.3 Å². The highest BCUT2D eigenvalue weighted by molar-refractivity contribution is 5.67. The zero-order valence-electron chi connectivity index (χ0n) is 9.41. The molecule has 0 spiro atoms. The Labute approximate surface area is 89.7 Å². The average Bonchev–Trinajstić information content (AvgIpc) is 2.09. The van der Waals surface area contributed by atoms with Gasteiger partial charge in [-0.1, -0.05) is 6.08 Å². The highest BCUT2D eigenvalue weighted by Gasteiger charge is 2.15. The molecule has 0 aliphatic carbocycles. The number of aliphatic hydroxyl groups is 2. The first kappa shape index (κ1) is 13.9. The van der Waals surface area contributed by atoms with Gasteiger partial charge >= 0.3 is 6.09 Å². The molecular weight excluding hydrogens is 198 g/mol. The second-order valence-corrected chi connectivity index (χ2v) is 4.06. The number of aliphatic hydroxyl groups excluding tert-OH is 2. The molecule has 0 heterocycles. The summed E-state index contributed by atoms with van der Waals surface area (Å²) in [7, 11) is 0. The molecule has 0 saturated carbocycles. The molecular formula is C10H19NO4. The number of hydrogen-bond donors (Lipinski definition) is 3. The van der Waals surface area contributed by atoms with E-state index in [9.17, 15) is 4.79 Å². The highest BCUT2D eigenvalue weighted by Crippen LogP contribution is 2.06. The number of rotatable bonds is 4. The third-order valence-electron chi connectivity index (χ3n) is 1.44. The molecule has 3 N–H and O–H groups in total. The number of carbonyl (C=O) groups excluding carboxylic acids is 1. The molecule has 0 unspecified atom stereocenters. The number of hydrogen-bond acceptors (Lipinski definition) is 4. The fourth-order valence-electron chi connectivity index (χ4n) is 0.772. The van der Waals surface area contributed by atoms with E-state index in [0.29, 0.717) is 5.57 Å². The standard InChI is InChI=1S/C10H19NO4/c1-10(2,3)15-9(14)11-5-4-8(6-12)7-13/h4,12-13H,5-7H2,1-3H3,(H,11,14). The molecule has 5 heteroatoms. The Morgan fingerprint density at radius 2 is 1.87 bits per heavy atom. The number of alkyl carbamates (subject to hydrolysis) is 1. The minimum atomic E-state index is -0.523. The molecule has 0 aromatic carbocycles. The Morgan fingerprint density at radius 3 is 2.27 bits per heavy atom. The Morgan fingerprint density at radius 1 is 1.33 bits per heavy atom. The van der Waals surface area contributed by atoms with Gasteiger partial charge in [0.1, 0.15) is 5.60 Å². The largest absolute Gasteiger partial charge is 0.444 e. The van der Waals surface area contributed by atoms with Crippen molar-refractivity contribution in [3.63, 3.8) is 0 Å². The Balaban J connectivity index is 3.87. The molecule has 0 rings (SSSR count). The minimum absolute atomic E-state index is 0.216. The smallest absolute Gasteiger partial charge is 0.407 e. The summed E-state index contributed by atoms with van der Waals surface area (Å²) in [6.45, 7) is 5.12. The van der Waals surface area contributed by atoms with Crippen molar-refractivity contribution >= 4 is 6.09 Å². The Bertz CT molecular complexity index is 224. The number of ether oxygens (including phenoxy) is 1. The molecule has 0 aliphatic heterocycles. The average molecular weight is 217 g/mol.